The molecule has 0 aromatic heterocycles. The first-order valence-corrected chi connectivity index (χ1v) is 7.35. The van der Waals surface area contributed by atoms with E-state index in [0.29, 0.717) is 15.7 Å². The molecule has 1 N–H and O–H groups in total. The van der Waals surface area contributed by atoms with Crippen molar-refractivity contribution in [1.82, 2.24) is 0 Å². The zero-order valence-electron chi connectivity index (χ0n) is 11.2. The van der Waals surface area contributed by atoms with Crippen LogP contribution in [-0.2, 0) is 16.1 Å². The predicted molar refractivity (Wildman–Crippen MR) is 89.6 cm³/mol. The van der Waals surface area contributed by atoms with Gasteiger partial charge >= 0.3 is 5.97 Å². The van der Waals surface area contributed by atoms with Crippen molar-refractivity contribution in [1.29, 1.82) is 0 Å². The van der Waals surface area contributed by atoms with Crippen LogP contribution in [0.25, 0.3) is 0 Å². The summed E-state index contributed by atoms with van der Waals surface area (Å²) in [7, 11) is 0. The van der Waals surface area contributed by atoms with Crippen molar-refractivity contribution in [2.24, 2.45) is 5.10 Å². The fraction of sp³-hybridized carbons (Fsp3) is 0.0667. The minimum absolute atomic E-state index is 0.109. The molecule has 2 aromatic rings. The number of hydrazone groups is 1. The molecular weight excluding hydrogens is 347 g/mol. The van der Waals surface area contributed by atoms with Crippen molar-refractivity contribution in [2.45, 2.75) is 6.61 Å². The number of rotatable bonds is 5. The number of carbonyl (C=O) groups is 1. The number of nitrogens with one attached hydrogen (secondary N) is 1. The van der Waals surface area contributed by atoms with E-state index < -0.39 is 5.97 Å². The van der Waals surface area contributed by atoms with E-state index in [9.17, 15) is 4.79 Å². The zero-order valence-corrected chi connectivity index (χ0v) is 13.5. The Labute approximate surface area is 142 Å². The minimum atomic E-state index is -0.749. The number of carbonyl (C=O) groups excluding carboxylic acids is 1. The minimum Gasteiger partial charge on any atom is -0.455 e. The van der Waals surface area contributed by atoms with E-state index in [1.807, 2.05) is 30.3 Å². The van der Waals surface area contributed by atoms with Gasteiger partial charge in [-0.1, -0.05) is 71.2 Å². The molecule has 4 nitrogen and oxygen atoms in total. The van der Waals surface area contributed by atoms with Gasteiger partial charge in [-0.25, -0.2) is 4.79 Å². The van der Waals surface area contributed by atoms with Gasteiger partial charge in [0.2, 0.25) is 5.17 Å². The molecule has 0 saturated heterocycles. The molecule has 0 unspecified atom stereocenters. The van der Waals surface area contributed by atoms with Crippen LogP contribution in [-0.4, -0.2) is 11.1 Å². The Kier molecular flexibility index (Phi) is 6.07. The fourth-order valence-corrected chi connectivity index (χ4v) is 2.12. The van der Waals surface area contributed by atoms with E-state index in [0.717, 1.165) is 5.56 Å². The number of ether oxygens (including phenoxy) is 1. The van der Waals surface area contributed by atoms with Gasteiger partial charge in [-0.3, -0.25) is 5.43 Å². The van der Waals surface area contributed by atoms with Gasteiger partial charge in [-0.2, -0.15) is 5.10 Å². The maximum atomic E-state index is 11.7. The molecule has 114 valence electrons. The van der Waals surface area contributed by atoms with Crippen LogP contribution in [0.4, 0.5) is 5.69 Å². The summed E-state index contributed by atoms with van der Waals surface area (Å²) >= 11 is 17.7. The molecule has 0 fully saturated rings. The van der Waals surface area contributed by atoms with Crippen LogP contribution in [0, 0.1) is 0 Å². The average Bonchev–Trinajstić information content (AvgIpc) is 2.53. The molecule has 22 heavy (non-hydrogen) atoms. The van der Waals surface area contributed by atoms with Crippen molar-refractivity contribution in [2.75, 3.05) is 5.43 Å². The van der Waals surface area contributed by atoms with E-state index in [1.54, 1.807) is 18.2 Å². The maximum absolute atomic E-state index is 11.7. The third-order valence-electron chi connectivity index (χ3n) is 2.61. The number of esters is 1. The molecule has 0 atom stereocenters. The molecule has 0 heterocycles. The Bertz CT molecular complexity index is 670. The number of hydrogen-bond donors (Lipinski definition) is 1. The van der Waals surface area contributed by atoms with Gasteiger partial charge in [0, 0.05) is 0 Å². The van der Waals surface area contributed by atoms with Gasteiger partial charge in [0.1, 0.15) is 6.61 Å². The smallest absolute Gasteiger partial charge is 0.371 e. The maximum Gasteiger partial charge on any atom is 0.371 e. The standard InChI is InChI=1S/C15H11Cl3N2O2/c16-11-7-4-8-12(17)13(11)19-20-14(18)15(21)22-9-10-5-2-1-3-6-10/h1-8,19H,9H2/b20-14+. The van der Waals surface area contributed by atoms with E-state index in [4.69, 9.17) is 39.5 Å². The molecule has 2 aromatic carbocycles. The molecule has 0 aliphatic heterocycles. The van der Waals surface area contributed by atoms with Crippen LogP contribution in [0.3, 0.4) is 0 Å². The number of benzene rings is 2. The number of halogens is 3. The second-order valence-corrected chi connectivity index (χ2v) is 5.35. The van der Waals surface area contributed by atoms with Crippen LogP contribution in [0.15, 0.2) is 53.6 Å². The van der Waals surface area contributed by atoms with Gasteiger partial charge < -0.3 is 4.74 Å². The predicted octanol–water partition coefficient (Wildman–Crippen LogP) is 4.70. The van der Waals surface area contributed by atoms with Gasteiger partial charge in [-0.15, -0.1) is 0 Å². The molecule has 7 heteroatoms. The first kappa shape index (κ1) is 16.6. The monoisotopic (exact) mass is 356 g/mol. The van der Waals surface area contributed by atoms with Crippen molar-refractivity contribution in [3.05, 3.63) is 64.1 Å². The van der Waals surface area contributed by atoms with Crippen LogP contribution < -0.4 is 5.43 Å². The van der Waals surface area contributed by atoms with Crippen molar-refractivity contribution >= 4 is 51.6 Å². The second-order valence-electron chi connectivity index (χ2n) is 4.17. The first-order valence-electron chi connectivity index (χ1n) is 6.22. The van der Waals surface area contributed by atoms with Crippen LogP contribution in [0.2, 0.25) is 10.0 Å². The van der Waals surface area contributed by atoms with E-state index in [1.165, 1.54) is 0 Å². The highest BCUT2D eigenvalue weighted by atomic mass is 35.5. The Balaban J connectivity index is 1.95. The average molecular weight is 358 g/mol. The second kappa shape index (κ2) is 8.03. The summed E-state index contributed by atoms with van der Waals surface area (Å²) in [4.78, 5) is 11.7. The number of hydrogen-bond acceptors (Lipinski definition) is 4. The summed E-state index contributed by atoms with van der Waals surface area (Å²) in [5.74, 6) is -0.749. The lowest BCUT2D eigenvalue weighted by atomic mass is 10.2. The normalized spacial score (nSPS) is 11.1. The summed E-state index contributed by atoms with van der Waals surface area (Å²) in [5, 5.41) is 4.08. The first-order chi connectivity index (χ1) is 10.6. The summed E-state index contributed by atoms with van der Waals surface area (Å²) in [6.07, 6.45) is 0. The van der Waals surface area contributed by atoms with Gasteiger partial charge in [-0.05, 0) is 17.7 Å². The zero-order chi connectivity index (χ0) is 15.9. The lowest BCUT2D eigenvalue weighted by Crippen LogP contribution is -2.13. The quantitative estimate of drug-likeness (QED) is 0.479. The Hall–Kier alpha value is -1.75. The lowest BCUT2D eigenvalue weighted by molar-refractivity contribution is -0.136. The Morgan fingerprint density at radius 3 is 2.32 bits per heavy atom. The van der Waals surface area contributed by atoms with Crippen LogP contribution >= 0.6 is 34.8 Å². The van der Waals surface area contributed by atoms with Crippen molar-refractivity contribution in [3.8, 4) is 0 Å². The molecule has 0 amide bonds. The summed E-state index contributed by atoms with van der Waals surface area (Å²) in [6.45, 7) is 0.109. The molecule has 0 aliphatic rings. The Morgan fingerprint density at radius 2 is 1.68 bits per heavy atom. The molecule has 2 rings (SSSR count). The molecule has 0 bridgehead atoms. The molecular formula is C15H11Cl3N2O2. The van der Waals surface area contributed by atoms with Crippen LogP contribution in [0.1, 0.15) is 5.56 Å². The highest BCUT2D eigenvalue weighted by Crippen LogP contribution is 2.29. The molecule has 0 spiro atoms. The van der Waals surface area contributed by atoms with Gasteiger partial charge in [0.05, 0.1) is 15.7 Å². The summed E-state index contributed by atoms with van der Waals surface area (Å²) in [5.41, 5.74) is 3.76. The lowest BCUT2D eigenvalue weighted by Gasteiger charge is -2.06. The highest BCUT2D eigenvalue weighted by Gasteiger charge is 2.11. The van der Waals surface area contributed by atoms with E-state index in [-0.39, 0.29) is 11.8 Å². The third-order valence-corrected chi connectivity index (χ3v) is 3.48. The third kappa shape index (κ3) is 4.63. The largest absolute Gasteiger partial charge is 0.455 e. The summed E-state index contributed by atoms with van der Waals surface area (Å²) in [6, 6.07) is 14.2. The summed E-state index contributed by atoms with van der Waals surface area (Å²) < 4.78 is 5.03. The van der Waals surface area contributed by atoms with Crippen molar-refractivity contribution in [3.63, 3.8) is 0 Å². The molecule has 0 aliphatic carbocycles. The topological polar surface area (TPSA) is 50.7 Å². The fourth-order valence-electron chi connectivity index (χ4n) is 1.54. The van der Waals surface area contributed by atoms with Crippen molar-refractivity contribution < 1.29 is 9.53 Å². The van der Waals surface area contributed by atoms with Crippen LogP contribution in [0.5, 0.6) is 0 Å². The number of anilines is 1. The Morgan fingerprint density at radius 1 is 1.05 bits per heavy atom. The van der Waals surface area contributed by atoms with E-state index in [2.05, 4.69) is 10.5 Å². The van der Waals surface area contributed by atoms with Gasteiger partial charge in [0.15, 0.2) is 0 Å². The molecule has 0 saturated carbocycles. The van der Waals surface area contributed by atoms with E-state index >= 15 is 0 Å². The highest BCUT2D eigenvalue weighted by molar-refractivity contribution is 6.82. The SMILES string of the molecule is O=C(OCc1ccccc1)/C(Cl)=N\Nc1c(Cl)cccc1Cl. The number of nitrogens with zero attached hydrogens (tertiary/aromatic N) is 1. The number of para-hydroxylation sites is 1. The molecule has 0 radical (unpaired) electrons. The van der Waals surface area contributed by atoms with Gasteiger partial charge in [0.25, 0.3) is 0 Å².